The minimum atomic E-state index is 0.0506. The van der Waals surface area contributed by atoms with Crippen LogP contribution in [0.2, 0.25) is 0 Å². The summed E-state index contributed by atoms with van der Waals surface area (Å²) in [6.45, 7) is 9.02. The van der Waals surface area contributed by atoms with E-state index in [9.17, 15) is 4.79 Å². The SMILES string of the molecule is Cc1cc2occ(CC(=O)NCC(C)C)c2cc1C. The highest BCUT2D eigenvalue weighted by atomic mass is 16.3. The van der Waals surface area contributed by atoms with Crippen LogP contribution in [0.3, 0.4) is 0 Å². The molecule has 3 heteroatoms. The maximum atomic E-state index is 11.9. The molecular formula is C16H21NO2. The number of hydrogen-bond donors (Lipinski definition) is 1. The Bertz CT molecular complexity index is 596. The molecule has 0 radical (unpaired) electrons. The number of benzene rings is 1. The smallest absolute Gasteiger partial charge is 0.224 e. The zero-order valence-electron chi connectivity index (χ0n) is 12.0. The highest BCUT2D eigenvalue weighted by Gasteiger charge is 2.11. The molecule has 0 saturated carbocycles. The van der Waals surface area contributed by atoms with Crippen LogP contribution in [0.1, 0.15) is 30.5 Å². The lowest BCUT2D eigenvalue weighted by atomic mass is 10.0. The number of rotatable bonds is 4. The van der Waals surface area contributed by atoms with Crippen LogP contribution in [-0.2, 0) is 11.2 Å². The average Bonchev–Trinajstić information content (AvgIpc) is 2.70. The Morgan fingerprint density at radius 3 is 2.63 bits per heavy atom. The number of carbonyl (C=O) groups excluding carboxylic acids is 1. The second-order valence-corrected chi connectivity index (χ2v) is 5.57. The summed E-state index contributed by atoms with van der Waals surface area (Å²) in [6.07, 6.45) is 2.07. The van der Waals surface area contributed by atoms with E-state index >= 15 is 0 Å². The molecule has 2 rings (SSSR count). The first kappa shape index (κ1) is 13.7. The number of furan rings is 1. The second kappa shape index (κ2) is 5.47. The van der Waals surface area contributed by atoms with E-state index < -0.39 is 0 Å². The van der Waals surface area contributed by atoms with Gasteiger partial charge in [-0.1, -0.05) is 13.8 Å². The van der Waals surface area contributed by atoms with Crippen molar-refractivity contribution in [1.82, 2.24) is 5.32 Å². The van der Waals surface area contributed by atoms with E-state index in [1.165, 1.54) is 11.1 Å². The van der Waals surface area contributed by atoms with Crippen molar-refractivity contribution in [3.63, 3.8) is 0 Å². The van der Waals surface area contributed by atoms with Gasteiger partial charge in [-0.05, 0) is 43.0 Å². The monoisotopic (exact) mass is 259 g/mol. The first-order valence-electron chi connectivity index (χ1n) is 6.71. The normalized spacial score (nSPS) is 11.2. The van der Waals surface area contributed by atoms with E-state index in [1.807, 2.05) is 6.07 Å². The molecule has 19 heavy (non-hydrogen) atoms. The molecule has 1 N–H and O–H groups in total. The van der Waals surface area contributed by atoms with E-state index in [2.05, 4.69) is 39.1 Å². The van der Waals surface area contributed by atoms with Gasteiger partial charge in [0.05, 0.1) is 12.7 Å². The van der Waals surface area contributed by atoms with Crippen molar-refractivity contribution < 1.29 is 9.21 Å². The van der Waals surface area contributed by atoms with Gasteiger partial charge < -0.3 is 9.73 Å². The van der Waals surface area contributed by atoms with Gasteiger partial charge in [-0.25, -0.2) is 0 Å². The van der Waals surface area contributed by atoms with E-state index in [4.69, 9.17) is 4.42 Å². The largest absolute Gasteiger partial charge is 0.464 e. The van der Waals surface area contributed by atoms with Crippen molar-refractivity contribution in [3.8, 4) is 0 Å². The van der Waals surface area contributed by atoms with Crippen LogP contribution in [-0.4, -0.2) is 12.5 Å². The molecule has 2 aromatic rings. The number of carbonyl (C=O) groups is 1. The van der Waals surface area contributed by atoms with Crippen molar-refractivity contribution in [2.45, 2.75) is 34.1 Å². The van der Waals surface area contributed by atoms with Crippen LogP contribution in [0.15, 0.2) is 22.8 Å². The predicted octanol–water partition coefficient (Wildman–Crippen LogP) is 3.36. The molecule has 1 aromatic carbocycles. The fourth-order valence-corrected chi connectivity index (χ4v) is 2.03. The molecule has 102 valence electrons. The van der Waals surface area contributed by atoms with Gasteiger partial charge in [-0.2, -0.15) is 0 Å². The molecule has 0 aliphatic carbocycles. The van der Waals surface area contributed by atoms with Gasteiger partial charge in [0.1, 0.15) is 5.58 Å². The standard InChI is InChI=1S/C16H21NO2/c1-10(2)8-17-16(18)7-13-9-19-15-6-12(4)11(3)5-14(13)15/h5-6,9-10H,7-8H2,1-4H3,(H,17,18). The maximum absolute atomic E-state index is 11.9. The van der Waals surface area contributed by atoms with Gasteiger partial charge in [0.2, 0.25) is 5.91 Å². The molecule has 1 amide bonds. The summed E-state index contributed by atoms with van der Waals surface area (Å²) in [7, 11) is 0. The van der Waals surface area contributed by atoms with Gasteiger partial charge in [-0.15, -0.1) is 0 Å². The Morgan fingerprint density at radius 1 is 1.26 bits per heavy atom. The molecular weight excluding hydrogens is 238 g/mol. The molecule has 0 bridgehead atoms. The van der Waals surface area contributed by atoms with Crippen molar-refractivity contribution in [2.24, 2.45) is 5.92 Å². The van der Waals surface area contributed by atoms with Crippen molar-refractivity contribution in [2.75, 3.05) is 6.54 Å². The van der Waals surface area contributed by atoms with Gasteiger partial charge in [0, 0.05) is 17.5 Å². The van der Waals surface area contributed by atoms with Crippen molar-refractivity contribution >= 4 is 16.9 Å². The van der Waals surface area contributed by atoms with E-state index in [1.54, 1.807) is 6.26 Å². The molecule has 0 unspecified atom stereocenters. The number of aryl methyl sites for hydroxylation is 2. The van der Waals surface area contributed by atoms with E-state index in [0.29, 0.717) is 18.9 Å². The average molecular weight is 259 g/mol. The van der Waals surface area contributed by atoms with Crippen LogP contribution in [0.4, 0.5) is 0 Å². The van der Waals surface area contributed by atoms with Gasteiger partial charge in [-0.3, -0.25) is 4.79 Å². The van der Waals surface area contributed by atoms with Crippen LogP contribution in [0, 0.1) is 19.8 Å². The summed E-state index contributed by atoms with van der Waals surface area (Å²) < 4.78 is 5.53. The lowest BCUT2D eigenvalue weighted by Gasteiger charge is -2.07. The first-order valence-corrected chi connectivity index (χ1v) is 6.71. The minimum absolute atomic E-state index is 0.0506. The van der Waals surface area contributed by atoms with Crippen molar-refractivity contribution in [1.29, 1.82) is 0 Å². The highest BCUT2D eigenvalue weighted by molar-refractivity contribution is 5.88. The molecule has 0 aliphatic heterocycles. The third kappa shape index (κ3) is 3.16. The zero-order chi connectivity index (χ0) is 14.0. The van der Waals surface area contributed by atoms with Gasteiger partial charge in [0.15, 0.2) is 0 Å². The molecule has 0 saturated heterocycles. The number of nitrogens with one attached hydrogen (secondary N) is 1. The molecule has 1 aromatic heterocycles. The highest BCUT2D eigenvalue weighted by Crippen LogP contribution is 2.25. The molecule has 0 atom stereocenters. The molecule has 0 spiro atoms. The summed E-state index contributed by atoms with van der Waals surface area (Å²) in [6, 6.07) is 4.12. The van der Waals surface area contributed by atoms with Crippen LogP contribution in [0.5, 0.6) is 0 Å². The maximum Gasteiger partial charge on any atom is 0.224 e. The van der Waals surface area contributed by atoms with Crippen LogP contribution < -0.4 is 5.32 Å². The number of fused-ring (bicyclic) bond motifs is 1. The topological polar surface area (TPSA) is 42.2 Å². The minimum Gasteiger partial charge on any atom is -0.464 e. The van der Waals surface area contributed by atoms with Crippen molar-refractivity contribution in [3.05, 3.63) is 35.1 Å². The fraction of sp³-hybridized carbons (Fsp3) is 0.438. The Hall–Kier alpha value is -1.77. The quantitative estimate of drug-likeness (QED) is 0.914. The summed E-state index contributed by atoms with van der Waals surface area (Å²) in [5, 5.41) is 3.97. The summed E-state index contributed by atoms with van der Waals surface area (Å²) in [5.74, 6) is 0.518. The molecule has 1 heterocycles. The fourth-order valence-electron chi connectivity index (χ4n) is 2.03. The van der Waals surface area contributed by atoms with Gasteiger partial charge in [0.25, 0.3) is 0 Å². The van der Waals surface area contributed by atoms with E-state index in [-0.39, 0.29) is 5.91 Å². The Morgan fingerprint density at radius 2 is 1.95 bits per heavy atom. The zero-order valence-corrected chi connectivity index (χ0v) is 12.0. The Kier molecular flexibility index (Phi) is 3.93. The summed E-state index contributed by atoms with van der Waals surface area (Å²) in [5.41, 5.74) is 4.24. The number of amides is 1. The lowest BCUT2D eigenvalue weighted by Crippen LogP contribution is -2.28. The third-order valence-electron chi connectivity index (χ3n) is 3.33. The summed E-state index contributed by atoms with van der Waals surface area (Å²) in [4.78, 5) is 11.9. The number of hydrogen-bond acceptors (Lipinski definition) is 2. The first-order chi connectivity index (χ1) is 8.97. The molecule has 0 fully saturated rings. The predicted molar refractivity (Wildman–Crippen MR) is 77.2 cm³/mol. The van der Waals surface area contributed by atoms with Gasteiger partial charge >= 0.3 is 0 Å². The lowest BCUT2D eigenvalue weighted by molar-refractivity contribution is -0.120. The van der Waals surface area contributed by atoms with Crippen LogP contribution >= 0.6 is 0 Å². The third-order valence-corrected chi connectivity index (χ3v) is 3.33. The molecule has 3 nitrogen and oxygen atoms in total. The molecule has 0 aliphatic rings. The van der Waals surface area contributed by atoms with Crippen LogP contribution in [0.25, 0.3) is 11.0 Å². The van der Waals surface area contributed by atoms with E-state index in [0.717, 1.165) is 16.5 Å². The Balaban J connectivity index is 2.17. The second-order valence-electron chi connectivity index (χ2n) is 5.57. The Labute approximate surface area is 114 Å². The summed E-state index contributed by atoms with van der Waals surface area (Å²) >= 11 is 0.